The molecule has 0 radical (unpaired) electrons. The second-order valence-corrected chi connectivity index (χ2v) is 7.84. The maximum Gasteiger partial charge on any atom is 0.268 e. The van der Waals surface area contributed by atoms with Crippen LogP contribution in [0.5, 0.6) is 5.75 Å². The molecular formula is C23H24N6O2. The van der Waals surface area contributed by atoms with Crippen LogP contribution in [0.4, 0.5) is 0 Å². The highest BCUT2D eigenvalue weighted by Gasteiger charge is 2.23. The number of pyridine rings is 1. The first kappa shape index (κ1) is 19.3. The maximum atomic E-state index is 13.1. The van der Waals surface area contributed by atoms with Gasteiger partial charge in [-0.25, -0.2) is 0 Å². The van der Waals surface area contributed by atoms with Crippen molar-refractivity contribution >= 4 is 16.8 Å². The molecule has 1 atom stereocenters. The molecule has 0 spiro atoms. The van der Waals surface area contributed by atoms with Crippen LogP contribution < -0.4 is 10.1 Å². The van der Waals surface area contributed by atoms with Gasteiger partial charge in [-0.05, 0) is 49.2 Å². The number of rotatable bonds is 4. The Bertz CT molecular complexity index is 1240. The highest BCUT2D eigenvalue weighted by molar-refractivity contribution is 5.99. The van der Waals surface area contributed by atoms with E-state index in [9.17, 15) is 4.79 Å². The summed E-state index contributed by atoms with van der Waals surface area (Å²) in [7, 11) is 3.56. The number of aromatic nitrogens is 5. The van der Waals surface area contributed by atoms with Gasteiger partial charge in [-0.3, -0.25) is 9.78 Å². The molecule has 4 aromatic rings. The van der Waals surface area contributed by atoms with E-state index < -0.39 is 0 Å². The van der Waals surface area contributed by atoms with Gasteiger partial charge in [-0.1, -0.05) is 0 Å². The number of carbonyl (C=O) groups is 1. The van der Waals surface area contributed by atoms with E-state index in [-0.39, 0.29) is 11.9 Å². The van der Waals surface area contributed by atoms with Crippen molar-refractivity contribution in [2.75, 3.05) is 7.11 Å². The summed E-state index contributed by atoms with van der Waals surface area (Å²) in [4.78, 5) is 17.1. The summed E-state index contributed by atoms with van der Waals surface area (Å²) in [5.74, 6) is 2.53. The van der Waals surface area contributed by atoms with Crippen molar-refractivity contribution in [3.8, 4) is 17.1 Å². The Morgan fingerprint density at radius 2 is 1.97 bits per heavy atom. The molecule has 1 aliphatic rings. The summed E-state index contributed by atoms with van der Waals surface area (Å²) >= 11 is 0. The largest absolute Gasteiger partial charge is 0.497 e. The molecule has 0 bridgehead atoms. The molecule has 31 heavy (non-hydrogen) atoms. The lowest BCUT2D eigenvalue weighted by atomic mass is 10.1. The number of fused-ring (bicyclic) bond motifs is 2. The Hall–Kier alpha value is -3.68. The number of hydrogen-bond acceptors (Lipinski definition) is 5. The van der Waals surface area contributed by atoms with Crippen LogP contribution in [-0.4, -0.2) is 43.4 Å². The highest BCUT2D eigenvalue weighted by atomic mass is 16.5. The van der Waals surface area contributed by atoms with E-state index in [1.807, 2.05) is 48.0 Å². The molecule has 0 saturated heterocycles. The number of carbonyl (C=O) groups excluding carboxylic acids is 1. The lowest BCUT2D eigenvalue weighted by Gasteiger charge is -2.16. The quantitative estimate of drug-likeness (QED) is 0.553. The topological polar surface area (TPSA) is 86.9 Å². The maximum absolute atomic E-state index is 13.1. The Morgan fingerprint density at radius 3 is 2.77 bits per heavy atom. The van der Waals surface area contributed by atoms with Gasteiger partial charge in [0.1, 0.15) is 17.3 Å². The first-order valence-corrected chi connectivity index (χ1v) is 10.4. The summed E-state index contributed by atoms with van der Waals surface area (Å²) in [6.45, 7) is 0.761. The molecule has 4 heterocycles. The second kappa shape index (κ2) is 7.86. The van der Waals surface area contributed by atoms with Gasteiger partial charge in [0, 0.05) is 54.9 Å². The lowest BCUT2D eigenvalue weighted by Crippen LogP contribution is -2.36. The molecular weight excluding hydrogens is 392 g/mol. The first-order chi connectivity index (χ1) is 15.1. The summed E-state index contributed by atoms with van der Waals surface area (Å²) in [6, 6.07) is 11.7. The second-order valence-electron chi connectivity index (χ2n) is 7.84. The third-order valence-electron chi connectivity index (χ3n) is 6.00. The molecule has 3 aromatic heterocycles. The number of amides is 1. The van der Waals surface area contributed by atoms with Gasteiger partial charge in [-0.2, -0.15) is 0 Å². The molecule has 1 unspecified atom stereocenters. The van der Waals surface area contributed by atoms with Gasteiger partial charge in [0.2, 0.25) is 0 Å². The van der Waals surface area contributed by atoms with Crippen LogP contribution in [0.1, 0.15) is 29.2 Å². The molecule has 1 N–H and O–H groups in total. The van der Waals surface area contributed by atoms with Gasteiger partial charge < -0.3 is 19.2 Å². The summed E-state index contributed by atoms with van der Waals surface area (Å²) < 4.78 is 9.39. The molecule has 1 amide bonds. The molecule has 1 aromatic carbocycles. The molecule has 8 heteroatoms. The fourth-order valence-corrected chi connectivity index (χ4v) is 4.28. The fourth-order valence-electron chi connectivity index (χ4n) is 4.28. The van der Waals surface area contributed by atoms with E-state index in [1.54, 1.807) is 19.5 Å². The summed E-state index contributed by atoms with van der Waals surface area (Å²) in [5.41, 5.74) is 2.64. The van der Waals surface area contributed by atoms with Crippen LogP contribution >= 0.6 is 0 Å². The van der Waals surface area contributed by atoms with E-state index in [0.717, 1.165) is 59.7 Å². The third kappa shape index (κ3) is 3.54. The van der Waals surface area contributed by atoms with Crippen molar-refractivity contribution in [1.29, 1.82) is 0 Å². The van der Waals surface area contributed by atoms with E-state index in [4.69, 9.17) is 4.74 Å². The third-order valence-corrected chi connectivity index (χ3v) is 6.00. The van der Waals surface area contributed by atoms with Crippen LogP contribution in [0.2, 0.25) is 0 Å². The number of nitrogens with one attached hydrogen (secondary N) is 1. The standard InChI is InChI=1S/C23H24N6O2/c1-28-19-5-4-18(31-2)13-16(19)14-20(28)23(30)25-17-3-6-21-26-27-22(29(21)12-9-17)15-7-10-24-11-8-15/h4-5,7-8,10-11,13-14,17H,3,6,9,12H2,1-2H3,(H,25,30). The minimum absolute atomic E-state index is 0.0605. The Kier molecular flexibility index (Phi) is 4.89. The van der Waals surface area contributed by atoms with Gasteiger partial charge in [0.15, 0.2) is 5.82 Å². The van der Waals surface area contributed by atoms with Crippen molar-refractivity contribution in [3.63, 3.8) is 0 Å². The number of ether oxygens (including phenoxy) is 1. The van der Waals surface area contributed by atoms with Crippen molar-refractivity contribution in [2.24, 2.45) is 7.05 Å². The molecule has 5 rings (SSSR count). The molecule has 0 saturated carbocycles. The highest BCUT2D eigenvalue weighted by Crippen LogP contribution is 2.25. The van der Waals surface area contributed by atoms with Gasteiger partial charge in [0.25, 0.3) is 5.91 Å². The minimum atomic E-state index is -0.0605. The van der Waals surface area contributed by atoms with Crippen LogP contribution in [0.3, 0.4) is 0 Å². The number of nitrogens with zero attached hydrogens (tertiary/aromatic N) is 5. The minimum Gasteiger partial charge on any atom is -0.497 e. The number of benzene rings is 1. The van der Waals surface area contributed by atoms with Crippen molar-refractivity contribution < 1.29 is 9.53 Å². The Morgan fingerprint density at radius 1 is 1.13 bits per heavy atom. The summed E-state index contributed by atoms with van der Waals surface area (Å²) in [5, 5.41) is 13.0. The van der Waals surface area contributed by atoms with Gasteiger partial charge >= 0.3 is 0 Å². The lowest BCUT2D eigenvalue weighted by molar-refractivity contribution is 0.0925. The Labute approximate surface area is 179 Å². The predicted molar refractivity (Wildman–Crippen MR) is 117 cm³/mol. The molecule has 0 fully saturated rings. The average Bonchev–Trinajstić information content (AvgIpc) is 3.30. The van der Waals surface area contributed by atoms with Crippen molar-refractivity contribution in [1.82, 2.24) is 29.6 Å². The number of hydrogen-bond donors (Lipinski definition) is 1. The Balaban J connectivity index is 1.32. The van der Waals surface area contributed by atoms with E-state index in [2.05, 4.69) is 25.1 Å². The fraction of sp³-hybridized carbons (Fsp3) is 0.304. The normalized spacial score (nSPS) is 16.0. The monoisotopic (exact) mass is 416 g/mol. The average molecular weight is 416 g/mol. The zero-order valence-corrected chi connectivity index (χ0v) is 17.6. The van der Waals surface area contributed by atoms with E-state index >= 15 is 0 Å². The van der Waals surface area contributed by atoms with Gasteiger partial charge in [-0.15, -0.1) is 10.2 Å². The van der Waals surface area contributed by atoms with E-state index in [1.165, 1.54) is 0 Å². The molecule has 158 valence electrons. The van der Waals surface area contributed by atoms with Crippen LogP contribution in [0.25, 0.3) is 22.3 Å². The zero-order valence-electron chi connectivity index (χ0n) is 17.6. The van der Waals surface area contributed by atoms with E-state index in [0.29, 0.717) is 5.69 Å². The molecule has 8 nitrogen and oxygen atoms in total. The molecule has 0 aliphatic carbocycles. The van der Waals surface area contributed by atoms with Crippen LogP contribution in [0, 0.1) is 0 Å². The predicted octanol–water partition coefficient (Wildman–Crippen LogP) is 2.98. The molecule has 1 aliphatic heterocycles. The van der Waals surface area contributed by atoms with Crippen molar-refractivity contribution in [2.45, 2.75) is 31.8 Å². The van der Waals surface area contributed by atoms with Crippen LogP contribution in [0.15, 0.2) is 48.8 Å². The zero-order chi connectivity index (χ0) is 21.4. The first-order valence-electron chi connectivity index (χ1n) is 10.4. The number of methoxy groups -OCH3 is 1. The SMILES string of the molecule is COc1ccc2c(c1)cc(C(=O)NC1CCc3nnc(-c4ccncc4)n3CC1)n2C. The van der Waals surface area contributed by atoms with Crippen molar-refractivity contribution in [3.05, 3.63) is 60.3 Å². The smallest absolute Gasteiger partial charge is 0.268 e. The van der Waals surface area contributed by atoms with Gasteiger partial charge in [0.05, 0.1) is 7.11 Å². The number of aryl methyl sites for hydroxylation is 2. The van der Waals surface area contributed by atoms with Crippen LogP contribution in [-0.2, 0) is 20.0 Å². The summed E-state index contributed by atoms with van der Waals surface area (Å²) in [6.07, 6.45) is 5.95.